The third-order valence-corrected chi connectivity index (χ3v) is 4.94. The van der Waals surface area contributed by atoms with Crippen LogP contribution in [0.15, 0.2) is 50.8 Å². The first kappa shape index (κ1) is 16.7. The van der Waals surface area contributed by atoms with Crippen molar-refractivity contribution < 1.29 is 9.21 Å². The fourth-order valence-corrected chi connectivity index (χ4v) is 3.41. The maximum absolute atomic E-state index is 12.4. The molecule has 9 heteroatoms. The molecule has 4 rings (SSSR count). The maximum Gasteiger partial charge on any atom is 0.323 e. The van der Waals surface area contributed by atoms with Crippen LogP contribution in [0.25, 0.3) is 22.1 Å². The van der Waals surface area contributed by atoms with E-state index in [0.29, 0.717) is 38.1 Å². The number of halogens is 1. The maximum atomic E-state index is 12.4. The molecule has 1 amide bonds. The van der Waals surface area contributed by atoms with Crippen LogP contribution in [0.3, 0.4) is 0 Å². The van der Waals surface area contributed by atoms with Gasteiger partial charge in [0.15, 0.2) is 5.58 Å². The van der Waals surface area contributed by atoms with Gasteiger partial charge in [-0.3, -0.25) is 4.79 Å². The highest BCUT2D eigenvalue weighted by Gasteiger charge is 2.18. The smallest absolute Gasteiger partial charge is 0.323 e. The lowest BCUT2D eigenvalue weighted by atomic mass is 10.2. The summed E-state index contributed by atoms with van der Waals surface area (Å²) < 4.78 is 5.62. The molecule has 7 nitrogen and oxygen atoms in total. The number of imidazole rings is 1. The van der Waals surface area contributed by atoms with E-state index in [1.165, 1.54) is 11.8 Å². The van der Waals surface area contributed by atoms with Gasteiger partial charge in [0.2, 0.25) is 5.91 Å². The first-order valence-electron chi connectivity index (χ1n) is 7.73. The Labute approximate surface area is 156 Å². The topological polar surface area (TPSA) is 104 Å². The number of carbonyl (C=O) groups excluding carboxylic acids is 1. The number of benzene rings is 2. The largest absolute Gasteiger partial charge is 0.431 e. The highest BCUT2D eigenvalue weighted by Crippen LogP contribution is 2.28. The van der Waals surface area contributed by atoms with E-state index >= 15 is 0 Å². The van der Waals surface area contributed by atoms with Gasteiger partial charge in [0.05, 0.1) is 16.3 Å². The number of anilines is 1. The number of aromatic amines is 2. The van der Waals surface area contributed by atoms with Crippen molar-refractivity contribution in [3.63, 3.8) is 0 Å². The van der Waals surface area contributed by atoms with E-state index in [9.17, 15) is 9.59 Å². The summed E-state index contributed by atoms with van der Waals surface area (Å²) in [6.07, 6.45) is 0. The molecule has 1 atom stereocenters. The summed E-state index contributed by atoms with van der Waals surface area (Å²) in [5.41, 5.74) is 2.88. The number of aromatic nitrogens is 3. The number of thioether (sulfide) groups is 1. The Morgan fingerprint density at radius 1 is 1.23 bits per heavy atom. The van der Waals surface area contributed by atoms with Gasteiger partial charge in [-0.05, 0) is 43.3 Å². The van der Waals surface area contributed by atoms with Crippen LogP contribution < -0.4 is 11.0 Å². The van der Waals surface area contributed by atoms with Gasteiger partial charge < -0.3 is 19.7 Å². The van der Waals surface area contributed by atoms with E-state index in [2.05, 4.69) is 20.3 Å². The Morgan fingerprint density at radius 3 is 2.88 bits per heavy atom. The van der Waals surface area contributed by atoms with E-state index in [4.69, 9.17) is 16.0 Å². The zero-order valence-electron chi connectivity index (χ0n) is 13.5. The van der Waals surface area contributed by atoms with Crippen molar-refractivity contribution in [2.75, 3.05) is 5.32 Å². The van der Waals surface area contributed by atoms with Crippen molar-refractivity contribution >= 4 is 57.1 Å². The molecule has 0 saturated carbocycles. The average Bonchev–Trinajstić information content (AvgIpc) is 3.15. The molecule has 4 aromatic rings. The predicted octanol–water partition coefficient (Wildman–Crippen LogP) is 3.77. The molecule has 3 N–H and O–H groups in total. The number of hydrogen-bond acceptors (Lipinski definition) is 5. The minimum Gasteiger partial charge on any atom is -0.431 e. The van der Waals surface area contributed by atoms with Crippen molar-refractivity contribution in [1.82, 2.24) is 15.0 Å². The van der Waals surface area contributed by atoms with Crippen LogP contribution in [0.2, 0.25) is 5.02 Å². The second kappa shape index (κ2) is 6.54. The lowest BCUT2D eigenvalue weighted by molar-refractivity contribution is -0.115. The van der Waals surface area contributed by atoms with E-state index in [-0.39, 0.29) is 11.6 Å². The van der Waals surface area contributed by atoms with Crippen LogP contribution in [0, 0.1) is 0 Å². The normalized spacial score (nSPS) is 12.5. The summed E-state index contributed by atoms with van der Waals surface area (Å²) in [6, 6.07) is 10.3. The van der Waals surface area contributed by atoms with Crippen LogP contribution in [0.1, 0.15) is 6.92 Å². The van der Waals surface area contributed by atoms with Gasteiger partial charge in [0.1, 0.15) is 5.52 Å². The summed E-state index contributed by atoms with van der Waals surface area (Å²) in [7, 11) is 0. The Kier molecular flexibility index (Phi) is 4.21. The third-order valence-electron chi connectivity index (χ3n) is 3.76. The second-order valence-electron chi connectivity index (χ2n) is 5.68. The number of nitrogens with zero attached hydrogens (tertiary/aromatic N) is 1. The molecule has 0 fully saturated rings. The number of rotatable bonds is 4. The molecular formula is C17H13ClN4O3S. The second-order valence-corrected chi connectivity index (χ2v) is 7.41. The number of hydrogen-bond donors (Lipinski definition) is 3. The van der Waals surface area contributed by atoms with E-state index < -0.39 is 5.25 Å². The fourth-order valence-electron chi connectivity index (χ4n) is 2.49. The van der Waals surface area contributed by atoms with E-state index in [1.54, 1.807) is 43.3 Å². The molecule has 0 aliphatic carbocycles. The molecule has 0 radical (unpaired) electrons. The van der Waals surface area contributed by atoms with E-state index in [1.807, 2.05) is 0 Å². The highest BCUT2D eigenvalue weighted by atomic mass is 35.5. The van der Waals surface area contributed by atoms with Gasteiger partial charge in [-0.15, -0.1) is 0 Å². The molecule has 132 valence electrons. The highest BCUT2D eigenvalue weighted by molar-refractivity contribution is 8.00. The summed E-state index contributed by atoms with van der Waals surface area (Å²) in [5.74, 6) is -0.201. The number of oxazole rings is 1. The number of H-pyrrole nitrogens is 2. The number of amides is 1. The third kappa shape index (κ3) is 3.33. The monoisotopic (exact) mass is 388 g/mol. The van der Waals surface area contributed by atoms with Crippen molar-refractivity contribution in [2.24, 2.45) is 0 Å². The van der Waals surface area contributed by atoms with Crippen molar-refractivity contribution in [1.29, 1.82) is 0 Å². The first-order valence-corrected chi connectivity index (χ1v) is 8.99. The Balaban J connectivity index is 1.48. The Bertz CT molecular complexity index is 1180. The molecule has 2 heterocycles. The molecule has 0 bridgehead atoms. The Morgan fingerprint density at radius 2 is 2.04 bits per heavy atom. The molecule has 26 heavy (non-hydrogen) atoms. The predicted molar refractivity (Wildman–Crippen MR) is 102 cm³/mol. The van der Waals surface area contributed by atoms with Crippen LogP contribution >= 0.6 is 23.4 Å². The molecular weight excluding hydrogens is 376 g/mol. The lowest BCUT2D eigenvalue weighted by Gasteiger charge is -2.10. The lowest BCUT2D eigenvalue weighted by Crippen LogP contribution is -2.22. The van der Waals surface area contributed by atoms with Gasteiger partial charge >= 0.3 is 5.69 Å². The van der Waals surface area contributed by atoms with Crippen molar-refractivity contribution in [2.45, 2.75) is 17.4 Å². The molecule has 1 unspecified atom stereocenters. The Hall–Kier alpha value is -2.71. The molecule has 0 spiro atoms. The van der Waals surface area contributed by atoms with Gasteiger partial charge in [-0.2, -0.15) is 0 Å². The van der Waals surface area contributed by atoms with Gasteiger partial charge in [-0.1, -0.05) is 23.4 Å². The minimum absolute atomic E-state index is 0.201. The molecule has 0 saturated heterocycles. The summed E-state index contributed by atoms with van der Waals surface area (Å²) >= 11 is 7.15. The SMILES string of the molecule is CC(Sc1nc2cc(Cl)ccc2o1)C(=O)Nc1ccc2[nH]c(=O)[nH]c2c1. The summed E-state index contributed by atoms with van der Waals surface area (Å²) in [6.45, 7) is 1.76. The zero-order valence-corrected chi connectivity index (χ0v) is 15.1. The molecule has 2 aromatic heterocycles. The number of nitrogens with one attached hydrogen (secondary N) is 3. The average molecular weight is 389 g/mol. The van der Waals surface area contributed by atoms with Crippen LogP contribution in [-0.2, 0) is 4.79 Å². The van der Waals surface area contributed by atoms with Crippen molar-refractivity contribution in [3.05, 3.63) is 51.9 Å². The van der Waals surface area contributed by atoms with Crippen LogP contribution in [0.5, 0.6) is 0 Å². The zero-order chi connectivity index (χ0) is 18.3. The van der Waals surface area contributed by atoms with Crippen molar-refractivity contribution in [3.8, 4) is 0 Å². The number of carbonyl (C=O) groups is 1. The standard InChI is InChI=1S/C17H13ClN4O3S/c1-8(26-17-22-13-6-9(18)2-5-14(13)25-17)15(23)19-10-3-4-11-12(7-10)21-16(24)20-11/h2-8H,1H3,(H,19,23)(H2,20,21,24). The van der Waals surface area contributed by atoms with Gasteiger partial charge in [0.25, 0.3) is 5.22 Å². The van der Waals surface area contributed by atoms with E-state index in [0.717, 1.165) is 0 Å². The summed E-state index contributed by atoms with van der Waals surface area (Å²) in [4.78, 5) is 33.4. The fraction of sp³-hybridized carbons (Fsp3) is 0.118. The number of fused-ring (bicyclic) bond motifs is 2. The van der Waals surface area contributed by atoms with Gasteiger partial charge in [0, 0.05) is 10.7 Å². The van der Waals surface area contributed by atoms with Gasteiger partial charge in [-0.25, -0.2) is 9.78 Å². The van der Waals surface area contributed by atoms with Crippen LogP contribution in [0.4, 0.5) is 5.69 Å². The quantitative estimate of drug-likeness (QED) is 0.462. The first-order chi connectivity index (χ1) is 12.5. The molecule has 0 aliphatic heterocycles. The minimum atomic E-state index is -0.431. The summed E-state index contributed by atoms with van der Waals surface area (Å²) in [5, 5.41) is 3.36. The molecule has 2 aromatic carbocycles. The van der Waals surface area contributed by atoms with Crippen LogP contribution in [-0.4, -0.2) is 26.1 Å². The molecule has 0 aliphatic rings.